The number of methoxy groups -OCH3 is 1. The first-order valence-electron chi connectivity index (χ1n) is 8.64. The van der Waals surface area contributed by atoms with Crippen LogP contribution in [-0.2, 0) is 22.6 Å². The van der Waals surface area contributed by atoms with E-state index in [2.05, 4.69) is 15.9 Å². The Morgan fingerprint density at radius 3 is 2.79 bits per heavy atom. The number of benzene rings is 2. The number of halogens is 2. The van der Waals surface area contributed by atoms with E-state index in [0.717, 1.165) is 15.6 Å². The number of nitrogens with zero attached hydrogens (tertiary/aromatic N) is 1. The highest BCUT2D eigenvalue weighted by atomic mass is 79.9. The van der Waals surface area contributed by atoms with Crippen LogP contribution in [0.2, 0.25) is 0 Å². The normalized spacial score (nSPS) is 16.7. The molecule has 3 rings (SSSR count). The third-order valence-corrected chi connectivity index (χ3v) is 6.43. The van der Waals surface area contributed by atoms with Gasteiger partial charge in [0.1, 0.15) is 22.5 Å². The zero-order chi connectivity index (χ0) is 20.1. The predicted octanol–water partition coefficient (Wildman–Crippen LogP) is 4.59. The molecule has 1 heterocycles. The van der Waals surface area contributed by atoms with Crippen LogP contribution in [0, 0.1) is 5.82 Å². The second-order valence-electron chi connectivity index (χ2n) is 6.24. The molecule has 0 aromatic heterocycles. The second kappa shape index (κ2) is 9.82. The Bertz CT molecular complexity index is 880. The standard InChI is InChI=1S/C20H19BrFNO3S2/c1-25-8-7-23-19(24)18(28-20(23)27)11-13-5-6-17(16(21)10-13)26-12-14-3-2-4-15(22)9-14/h2-6,9-10,18H,7-8,11-12H2,1H3/t18-/m1/s1. The van der Waals surface area contributed by atoms with E-state index in [1.807, 2.05) is 24.3 Å². The van der Waals surface area contributed by atoms with E-state index < -0.39 is 0 Å². The molecule has 28 heavy (non-hydrogen) atoms. The van der Waals surface area contributed by atoms with Gasteiger partial charge in [0.05, 0.1) is 22.9 Å². The van der Waals surface area contributed by atoms with Crippen LogP contribution in [0.1, 0.15) is 11.1 Å². The van der Waals surface area contributed by atoms with Crippen LogP contribution in [0.5, 0.6) is 5.75 Å². The molecule has 4 nitrogen and oxygen atoms in total. The number of hydrogen-bond acceptors (Lipinski definition) is 5. The summed E-state index contributed by atoms with van der Waals surface area (Å²) in [4.78, 5) is 14.2. The Hall–Kier alpha value is -1.48. The van der Waals surface area contributed by atoms with Crippen LogP contribution in [0.4, 0.5) is 4.39 Å². The molecular weight excluding hydrogens is 465 g/mol. The Morgan fingerprint density at radius 1 is 1.25 bits per heavy atom. The number of rotatable bonds is 8. The van der Waals surface area contributed by atoms with Gasteiger partial charge in [-0.1, -0.05) is 42.2 Å². The number of amides is 1. The summed E-state index contributed by atoms with van der Waals surface area (Å²) in [5.74, 6) is 0.400. The van der Waals surface area contributed by atoms with Gasteiger partial charge in [0.15, 0.2) is 0 Å². The van der Waals surface area contributed by atoms with Crippen molar-refractivity contribution in [3.63, 3.8) is 0 Å². The summed E-state index contributed by atoms with van der Waals surface area (Å²) in [7, 11) is 1.60. The van der Waals surface area contributed by atoms with Crippen molar-refractivity contribution in [1.82, 2.24) is 4.90 Å². The Morgan fingerprint density at radius 2 is 2.07 bits per heavy atom. The number of thioether (sulfide) groups is 1. The van der Waals surface area contributed by atoms with E-state index in [4.69, 9.17) is 21.7 Å². The first kappa shape index (κ1) is 21.2. The van der Waals surface area contributed by atoms with Gasteiger partial charge in [-0.15, -0.1) is 0 Å². The largest absolute Gasteiger partial charge is 0.488 e. The van der Waals surface area contributed by atoms with Crippen molar-refractivity contribution in [2.24, 2.45) is 0 Å². The van der Waals surface area contributed by atoms with Gasteiger partial charge < -0.3 is 9.47 Å². The van der Waals surface area contributed by atoms with E-state index in [9.17, 15) is 9.18 Å². The van der Waals surface area contributed by atoms with Crippen LogP contribution in [0.15, 0.2) is 46.9 Å². The van der Waals surface area contributed by atoms with Crippen LogP contribution in [-0.4, -0.2) is 40.6 Å². The molecule has 0 saturated carbocycles. The molecule has 2 aromatic carbocycles. The van der Waals surface area contributed by atoms with Crippen LogP contribution < -0.4 is 4.74 Å². The lowest BCUT2D eigenvalue weighted by atomic mass is 10.1. The van der Waals surface area contributed by atoms with Gasteiger partial charge in [-0.25, -0.2) is 4.39 Å². The smallest absolute Gasteiger partial charge is 0.242 e. The molecular formula is C20H19BrFNO3S2. The number of carbonyl (C=O) groups excluding carboxylic acids is 1. The number of carbonyl (C=O) groups is 1. The maximum atomic E-state index is 13.3. The van der Waals surface area contributed by atoms with Crippen molar-refractivity contribution in [1.29, 1.82) is 0 Å². The lowest BCUT2D eigenvalue weighted by Crippen LogP contribution is -2.34. The molecule has 8 heteroatoms. The molecule has 0 spiro atoms. The monoisotopic (exact) mass is 483 g/mol. The van der Waals surface area contributed by atoms with Crippen molar-refractivity contribution >= 4 is 50.1 Å². The fourth-order valence-electron chi connectivity index (χ4n) is 2.80. The topological polar surface area (TPSA) is 38.8 Å². The van der Waals surface area contributed by atoms with Gasteiger partial charge in [-0.2, -0.15) is 0 Å². The number of thiocarbonyl (C=S) groups is 1. The van der Waals surface area contributed by atoms with Crippen molar-refractivity contribution in [3.8, 4) is 5.75 Å². The summed E-state index contributed by atoms with van der Waals surface area (Å²) in [5.41, 5.74) is 1.76. The molecule has 1 amide bonds. The molecule has 1 aliphatic rings. The minimum Gasteiger partial charge on any atom is -0.488 e. The van der Waals surface area contributed by atoms with E-state index in [0.29, 0.717) is 29.6 Å². The minimum absolute atomic E-state index is 0.0228. The van der Waals surface area contributed by atoms with Gasteiger partial charge in [-0.05, 0) is 57.7 Å². The maximum absolute atomic E-state index is 13.3. The SMILES string of the molecule is COCCN1C(=O)[C@@H](Cc2ccc(OCc3cccc(F)c3)c(Br)c2)SC1=S. The van der Waals surface area contributed by atoms with Gasteiger partial charge in [0.2, 0.25) is 5.91 Å². The Balaban J connectivity index is 1.61. The fraction of sp³-hybridized carbons (Fsp3) is 0.300. The molecule has 0 aliphatic carbocycles. The van der Waals surface area contributed by atoms with Gasteiger partial charge >= 0.3 is 0 Å². The third kappa shape index (κ3) is 5.31. The molecule has 1 fully saturated rings. The third-order valence-electron chi connectivity index (χ3n) is 4.22. The zero-order valence-electron chi connectivity index (χ0n) is 15.2. The molecule has 0 unspecified atom stereocenters. The highest BCUT2D eigenvalue weighted by molar-refractivity contribution is 9.10. The molecule has 1 aliphatic heterocycles. The summed E-state index contributed by atoms with van der Waals surface area (Å²) < 4.78 is 25.5. The lowest BCUT2D eigenvalue weighted by molar-refractivity contribution is -0.126. The summed E-state index contributed by atoms with van der Waals surface area (Å²) >= 11 is 10.2. The van der Waals surface area contributed by atoms with Crippen molar-refractivity contribution in [2.45, 2.75) is 18.3 Å². The minimum atomic E-state index is -0.285. The molecule has 1 saturated heterocycles. The number of hydrogen-bond donors (Lipinski definition) is 0. The van der Waals surface area contributed by atoms with Crippen LogP contribution in [0.3, 0.4) is 0 Å². The second-order valence-corrected chi connectivity index (χ2v) is 8.93. The maximum Gasteiger partial charge on any atom is 0.242 e. The highest BCUT2D eigenvalue weighted by Gasteiger charge is 2.36. The predicted molar refractivity (Wildman–Crippen MR) is 116 cm³/mol. The average Bonchev–Trinajstić information content (AvgIpc) is 2.92. The molecule has 0 radical (unpaired) electrons. The summed E-state index contributed by atoms with van der Waals surface area (Å²) in [6, 6.07) is 12.0. The quantitative estimate of drug-likeness (QED) is 0.513. The number of ether oxygens (including phenoxy) is 2. The molecule has 1 atom stereocenters. The van der Waals surface area contributed by atoms with Crippen LogP contribution in [0.25, 0.3) is 0 Å². The summed E-state index contributed by atoms with van der Waals surface area (Å²) in [6.07, 6.45) is 0.579. The van der Waals surface area contributed by atoms with Gasteiger partial charge in [0.25, 0.3) is 0 Å². The molecule has 0 bridgehead atoms. The Kier molecular flexibility index (Phi) is 7.45. The summed E-state index contributed by atoms with van der Waals surface area (Å²) in [5, 5.41) is -0.227. The van der Waals surface area contributed by atoms with E-state index >= 15 is 0 Å². The van der Waals surface area contributed by atoms with Crippen molar-refractivity contribution in [2.75, 3.05) is 20.3 Å². The molecule has 0 N–H and O–H groups in total. The molecule has 2 aromatic rings. The first-order chi connectivity index (χ1) is 13.5. The average molecular weight is 484 g/mol. The lowest BCUT2D eigenvalue weighted by Gasteiger charge is -2.15. The zero-order valence-corrected chi connectivity index (χ0v) is 18.4. The van der Waals surface area contributed by atoms with Gasteiger partial charge in [-0.3, -0.25) is 9.69 Å². The van der Waals surface area contributed by atoms with E-state index in [-0.39, 0.29) is 23.6 Å². The highest BCUT2D eigenvalue weighted by Crippen LogP contribution is 2.32. The fourth-order valence-corrected chi connectivity index (χ4v) is 4.93. The van der Waals surface area contributed by atoms with E-state index in [1.165, 1.54) is 23.9 Å². The first-order valence-corrected chi connectivity index (χ1v) is 10.7. The Labute approximate surface area is 181 Å². The van der Waals surface area contributed by atoms with E-state index in [1.54, 1.807) is 18.1 Å². The summed E-state index contributed by atoms with van der Waals surface area (Å²) in [6.45, 7) is 1.21. The van der Waals surface area contributed by atoms with Crippen molar-refractivity contribution in [3.05, 3.63) is 63.9 Å². The van der Waals surface area contributed by atoms with Crippen LogP contribution >= 0.6 is 39.9 Å². The molecule has 148 valence electrons. The van der Waals surface area contributed by atoms with Gasteiger partial charge in [0, 0.05) is 7.11 Å². The van der Waals surface area contributed by atoms with Crippen molar-refractivity contribution < 1.29 is 18.7 Å².